The van der Waals surface area contributed by atoms with E-state index in [2.05, 4.69) is 27.7 Å². The van der Waals surface area contributed by atoms with Gasteiger partial charge in [0.05, 0.1) is 0 Å². The molecule has 0 aromatic carbocycles. The van der Waals surface area contributed by atoms with Crippen LogP contribution < -0.4 is 0 Å². The van der Waals surface area contributed by atoms with Crippen LogP contribution in [0.1, 0.15) is 27.7 Å². The molecule has 0 heterocycles. The van der Waals surface area contributed by atoms with E-state index in [1.807, 2.05) is 0 Å². The van der Waals surface area contributed by atoms with E-state index < -0.39 is 0 Å². The highest BCUT2D eigenvalue weighted by molar-refractivity contribution is 4.92. The quantitative estimate of drug-likeness (QED) is 0.489. The van der Waals surface area contributed by atoms with Crippen LogP contribution in [0.15, 0.2) is 0 Å². The van der Waals surface area contributed by atoms with Crippen LogP contribution in [-0.2, 0) is 0 Å². The lowest BCUT2D eigenvalue weighted by atomic mass is 10.1. The van der Waals surface area contributed by atoms with E-state index in [-0.39, 0.29) is 0 Å². The van der Waals surface area contributed by atoms with Crippen molar-refractivity contribution in [3.8, 4) is 0 Å². The average molecular weight is 112 g/mol. The second kappa shape index (κ2) is 1.75. The summed E-state index contributed by atoms with van der Waals surface area (Å²) in [5.74, 6) is 3.97. The van der Waals surface area contributed by atoms with Gasteiger partial charge in [0, 0.05) is 0 Å². The van der Waals surface area contributed by atoms with Crippen molar-refractivity contribution < 1.29 is 0 Å². The van der Waals surface area contributed by atoms with E-state index in [0.29, 0.717) is 0 Å². The highest BCUT2D eigenvalue weighted by Crippen LogP contribution is 2.49. The van der Waals surface area contributed by atoms with Crippen molar-refractivity contribution in [2.45, 2.75) is 27.7 Å². The topological polar surface area (TPSA) is 0 Å². The van der Waals surface area contributed by atoms with Crippen molar-refractivity contribution in [2.24, 2.45) is 23.7 Å². The summed E-state index contributed by atoms with van der Waals surface area (Å²) >= 11 is 0. The first-order chi connectivity index (χ1) is 3.64. The molecule has 48 valence electrons. The molecule has 0 amide bonds. The van der Waals surface area contributed by atoms with E-state index in [1.165, 1.54) is 0 Å². The van der Waals surface area contributed by atoms with Crippen LogP contribution in [0.2, 0.25) is 0 Å². The Balaban J connectivity index is 2.33. The molecule has 0 aliphatic heterocycles. The van der Waals surface area contributed by atoms with Crippen molar-refractivity contribution >= 4 is 0 Å². The maximum absolute atomic E-state index is 2.36. The zero-order valence-electron chi connectivity index (χ0n) is 6.31. The molecule has 3 atom stereocenters. The zero-order valence-corrected chi connectivity index (χ0v) is 6.31. The monoisotopic (exact) mass is 112 g/mol. The Morgan fingerprint density at radius 2 is 1.38 bits per heavy atom. The summed E-state index contributed by atoms with van der Waals surface area (Å²) < 4.78 is 0. The summed E-state index contributed by atoms with van der Waals surface area (Å²) in [4.78, 5) is 0. The first-order valence-electron chi connectivity index (χ1n) is 3.64. The summed E-state index contributed by atoms with van der Waals surface area (Å²) in [6.45, 7) is 9.36. The smallest absolute Gasteiger partial charge is 0.0334 e. The maximum atomic E-state index is 2.36. The Bertz CT molecular complexity index is 69.3. The zero-order chi connectivity index (χ0) is 6.31. The SMILES string of the molecule is CC(C)C1C(C)[C@@H]1C. The van der Waals surface area contributed by atoms with E-state index in [0.717, 1.165) is 23.7 Å². The molecule has 1 aliphatic carbocycles. The van der Waals surface area contributed by atoms with Crippen molar-refractivity contribution in [1.82, 2.24) is 0 Å². The van der Waals surface area contributed by atoms with E-state index >= 15 is 0 Å². The van der Waals surface area contributed by atoms with Gasteiger partial charge < -0.3 is 0 Å². The molecule has 2 unspecified atom stereocenters. The Kier molecular flexibility index (Phi) is 1.34. The molecule has 0 aromatic heterocycles. The lowest BCUT2D eigenvalue weighted by molar-refractivity contribution is 0.514. The number of hydrogen-bond donors (Lipinski definition) is 0. The normalized spacial score (nSPS) is 45.4. The first kappa shape index (κ1) is 6.12. The highest BCUT2D eigenvalue weighted by atomic mass is 14.5. The van der Waals surface area contributed by atoms with Gasteiger partial charge in [-0.3, -0.25) is 0 Å². The van der Waals surface area contributed by atoms with Crippen molar-refractivity contribution in [2.75, 3.05) is 0 Å². The Morgan fingerprint density at radius 1 is 1.00 bits per heavy atom. The van der Waals surface area contributed by atoms with E-state index in [1.54, 1.807) is 0 Å². The fraction of sp³-hybridized carbons (Fsp3) is 1.00. The standard InChI is InChI=1S/C8H16/c1-5(2)8-6(3)7(8)4/h5-8H,1-4H3/t6-,7?,8?/m0/s1. The second-order valence-corrected chi connectivity index (χ2v) is 3.54. The van der Waals surface area contributed by atoms with Gasteiger partial charge in [0.25, 0.3) is 0 Å². The Labute approximate surface area is 52.3 Å². The molecule has 0 N–H and O–H groups in total. The summed E-state index contributed by atoms with van der Waals surface area (Å²) in [6, 6.07) is 0. The summed E-state index contributed by atoms with van der Waals surface area (Å²) in [5, 5.41) is 0. The minimum Gasteiger partial charge on any atom is -0.0625 e. The fourth-order valence-electron chi connectivity index (χ4n) is 1.92. The third-order valence-corrected chi connectivity index (χ3v) is 2.67. The minimum absolute atomic E-state index is 0.917. The van der Waals surface area contributed by atoms with E-state index in [4.69, 9.17) is 0 Å². The molecule has 1 aliphatic rings. The molecule has 0 bridgehead atoms. The predicted octanol–water partition coefficient (Wildman–Crippen LogP) is 2.54. The van der Waals surface area contributed by atoms with Gasteiger partial charge >= 0.3 is 0 Å². The molecular weight excluding hydrogens is 96.1 g/mol. The average Bonchev–Trinajstić information content (AvgIpc) is 2.15. The first-order valence-corrected chi connectivity index (χ1v) is 3.64. The predicted molar refractivity (Wildman–Crippen MR) is 36.7 cm³/mol. The van der Waals surface area contributed by atoms with Crippen LogP contribution in [0, 0.1) is 23.7 Å². The van der Waals surface area contributed by atoms with Gasteiger partial charge in [-0.15, -0.1) is 0 Å². The third-order valence-electron chi connectivity index (χ3n) is 2.67. The lowest BCUT2D eigenvalue weighted by Crippen LogP contribution is -1.90. The van der Waals surface area contributed by atoms with Crippen LogP contribution in [0.4, 0.5) is 0 Å². The molecule has 0 radical (unpaired) electrons. The summed E-state index contributed by atoms with van der Waals surface area (Å²) in [5.41, 5.74) is 0. The van der Waals surface area contributed by atoms with Crippen molar-refractivity contribution in [3.63, 3.8) is 0 Å². The minimum atomic E-state index is 0.917. The summed E-state index contributed by atoms with van der Waals surface area (Å²) in [7, 11) is 0. The molecule has 0 heteroatoms. The van der Waals surface area contributed by atoms with Gasteiger partial charge in [0.2, 0.25) is 0 Å². The van der Waals surface area contributed by atoms with Gasteiger partial charge in [0.1, 0.15) is 0 Å². The van der Waals surface area contributed by atoms with Crippen LogP contribution in [0.25, 0.3) is 0 Å². The molecule has 0 spiro atoms. The molecule has 0 aromatic rings. The molecule has 0 saturated heterocycles. The fourth-order valence-corrected chi connectivity index (χ4v) is 1.92. The van der Waals surface area contributed by atoms with Crippen LogP contribution in [-0.4, -0.2) is 0 Å². The molecular formula is C8H16. The molecule has 8 heavy (non-hydrogen) atoms. The largest absolute Gasteiger partial charge is 0.0625 e. The van der Waals surface area contributed by atoms with Gasteiger partial charge in [0.15, 0.2) is 0 Å². The Hall–Kier alpha value is 0. The second-order valence-electron chi connectivity index (χ2n) is 3.54. The number of hydrogen-bond acceptors (Lipinski definition) is 0. The van der Waals surface area contributed by atoms with Gasteiger partial charge in [-0.1, -0.05) is 27.7 Å². The molecule has 1 saturated carbocycles. The van der Waals surface area contributed by atoms with E-state index in [9.17, 15) is 0 Å². The van der Waals surface area contributed by atoms with Crippen LogP contribution >= 0.6 is 0 Å². The third kappa shape index (κ3) is 0.765. The van der Waals surface area contributed by atoms with Gasteiger partial charge in [-0.05, 0) is 23.7 Å². The van der Waals surface area contributed by atoms with Crippen molar-refractivity contribution in [1.29, 1.82) is 0 Å². The summed E-state index contributed by atoms with van der Waals surface area (Å²) in [6.07, 6.45) is 0. The molecule has 1 fully saturated rings. The maximum Gasteiger partial charge on any atom is -0.0334 e. The van der Waals surface area contributed by atoms with Crippen LogP contribution in [0.3, 0.4) is 0 Å². The Morgan fingerprint density at radius 3 is 1.38 bits per heavy atom. The molecule has 1 rings (SSSR count). The van der Waals surface area contributed by atoms with Crippen molar-refractivity contribution in [3.05, 3.63) is 0 Å². The van der Waals surface area contributed by atoms with Crippen LogP contribution in [0.5, 0.6) is 0 Å². The van der Waals surface area contributed by atoms with Gasteiger partial charge in [-0.2, -0.15) is 0 Å². The number of rotatable bonds is 1. The van der Waals surface area contributed by atoms with Gasteiger partial charge in [-0.25, -0.2) is 0 Å². The highest BCUT2D eigenvalue weighted by Gasteiger charge is 2.44. The lowest BCUT2D eigenvalue weighted by Gasteiger charge is -1.98. The molecule has 0 nitrogen and oxygen atoms in total.